The highest BCUT2D eigenvalue weighted by molar-refractivity contribution is 7.80. The largest absolute Gasteiger partial charge is 0.393 e. The number of hydrogen-bond donors (Lipinski definition) is 1. The fraction of sp³-hybridized carbons (Fsp3) is 0.857. The van der Waals surface area contributed by atoms with Gasteiger partial charge in [0.05, 0.1) is 4.99 Å². The van der Waals surface area contributed by atoms with Crippen molar-refractivity contribution in [1.82, 2.24) is 4.90 Å². The van der Waals surface area contributed by atoms with Gasteiger partial charge in [0.25, 0.3) is 0 Å². The number of thiocarbonyl (C=S) groups is 1. The van der Waals surface area contributed by atoms with E-state index in [9.17, 15) is 4.79 Å². The summed E-state index contributed by atoms with van der Waals surface area (Å²) in [5.74, 6) is 0.438. The molecule has 1 amide bonds. The Kier molecular flexibility index (Phi) is 4.11. The lowest BCUT2D eigenvalue weighted by Crippen LogP contribution is -2.39. The van der Waals surface area contributed by atoms with Crippen LogP contribution in [0.25, 0.3) is 0 Å². The number of carbonyl (C=O) groups excluding carboxylic acids is 1. The van der Waals surface area contributed by atoms with Crippen LogP contribution in [0.15, 0.2) is 0 Å². The lowest BCUT2D eigenvalue weighted by atomic mass is 10.0. The second kappa shape index (κ2) is 4.80. The number of nitrogens with two attached hydrogens (primary N) is 1. The number of nitrogens with zero attached hydrogens (tertiary/aromatic N) is 1. The first-order valence-corrected chi connectivity index (χ1v) is 7.06. The summed E-state index contributed by atoms with van der Waals surface area (Å²) in [6, 6.07) is 0. The Morgan fingerprint density at radius 2 is 1.78 bits per heavy atom. The van der Waals surface area contributed by atoms with Crippen molar-refractivity contribution in [2.75, 3.05) is 13.1 Å². The van der Waals surface area contributed by atoms with Gasteiger partial charge in [0.1, 0.15) is 0 Å². The molecule has 0 aromatic carbocycles. The fourth-order valence-electron chi connectivity index (χ4n) is 2.79. The fourth-order valence-corrected chi connectivity index (χ4v) is 2.87. The van der Waals surface area contributed by atoms with Crippen molar-refractivity contribution in [1.29, 1.82) is 0 Å². The molecule has 1 atom stereocenters. The smallest absolute Gasteiger partial charge is 0.226 e. The van der Waals surface area contributed by atoms with Crippen molar-refractivity contribution < 1.29 is 4.79 Å². The summed E-state index contributed by atoms with van der Waals surface area (Å²) in [6.07, 6.45) is 0. The molecule has 0 aliphatic heterocycles. The lowest BCUT2D eigenvalue weighted by molar-refractivity contribution is -0.134. The predicted molar refractivity (Wildman–Crippen MR) is 79.3 cm³/mol. The monoisotopic (exact) mass is 270 g/mol. The third kappa shape index (κ3) is 2.40. The Labute approximate surface area is 116 Å². The molecule has 1 rings (SSSR count). The molecule has 0 aromatic rings. The maximum atomic E-state index is 12.6. The highest BCUT2D eigenvalue weighted by Gasteiger charge is 2.68. The van der Waals surface area contributed by atoms with Crippen LogP contribution < -0.4 is 5.73 Å². The molecule has 3 nitrogen and oxygen atoms in total. The minimum Gasteiger partial charge on any atom is -0.393 e. The van der Waals surface area contributed by atoms with Crippen LogP contribution in [0.2, 0.25) is 0 Å². The number of rotatable bonds is 5. The maximum Gasteiger partial charge on any atom is 0.226 e. The number of hydrogen-bond acceptors (Lipinski definition) is 2. The molecular weight excluding hydrogens is 244 g/mol. The Morgan fingerprint density at radius 1 is 1.33 bits per heavy atom. The first-order chi connectivity index (χ1) is 8.07. The molecule has 4 heteroatoms. The van der Waals surface area contributed by atoms with Gasteiger partial charge < -0.3 is 10.6 Å². The van der Waals surface area contributed by atoms with E-state index in [2.05, 4.69) is 27.7 Å². The van der Waals surface area contributed by atoms with Crippen LogP contribution >= 0.6 is 12.2 Å². The third-order valence-corrected chi connectivity index (χ3v) is 5.34. The molecule has 0 heterocycles. The zero-order valence-corrected chi connectivity index (χ0v) is 13.2. The second-order valence-electron chi connectivity index (χ2n) is 6.56. The van der Waals surface area contributed by atoms with Gasteiger partial charge >= 0.3 is 0 Å². The molecule has 1 aliphatic rings. The van der Waals surface area contributed by atoms with E-state index in [0.29, 0.717) is 18.1 Å². The van der Waals surface area contributed by atoms with Crippen molar-refractivity contribution in [3.63, 3.8) is 0 Å². The minimum atomic E-state index is 0.0777. The van der Waals surface area contributed by atoms with E-state index in [1.807, 2.05) is 18.7 Å². The Bertz CT molecular complexity index is 349. The van der Waals surface area contributed by atoms with Crippen molar-refractivity contribution in [3.05, 3.63) is 0 Å². The lowest BCUT2D eigenvalue weighted by Gasteiger charge is -2.25. The summed E-state index contributed by atoms with van der Waals surface area (Å²) in [7, 11) is 0. The van der Waals surface area contributed by atoms with Crippen molar-refractivity contribution in [2.45, 2.75) is 41.5 Å². The first kappa shape index (κ1) is 15.4. The Morgan fingerprint density at radius 3 is 2.06 bits per heavy atom. The van der Waals surface area contributed by atoms with Crippen LogP contribution in [-0.4, -0.2) is 28.9 Å². The van der Waals surface area contributed by atoms with E-state index in [1.54, 1.807) is 0 Å². The predicted octanol–water partition coefficient (Wildman–Crippen LogP) is 2.44. The highest BCUT2D eigenvalue weighted by atomic mass is 32.1. The highest BCUT2D eigenvalue weighted by Crippen LogP contribution is 2.68. The van der Waals surface area contributed by atoms with Crippen molar-refractivity contribution in [2.24, 2.45) is 28.4 Å². The molecular formula is C14H26N2OS. The Balaban J connectivity index is 2.74. The van der Waals surface area contributed by atoms with Gasteiger partial charge in [-0.1, -0.05) is 46.8 Å². The number of carbonyl (C=O) groups is 1. The van der Waals surface area contributed by atoms with Crippen LogP contribution in [-0.2, 0) is 4.79 Å². The molecule has 18 heavy (non-hydrogen) atoms. The SMILES string of the molecule is CCN(CC(C)C(N)=S)C(=O)C1C(C)(C)C1(C)C. The van der Waals surface area contributed by atoms with Crippen LogP contribution in [0.1, 0.15) is 41.5 Å². The normalized spacial score (nSPS) is 22.3. The van der Waals surface area contributed by atoms with Gasteiger partial charge in [0, 0.05) is 24.9 Å². The van der Waals surface area contributed by atoms with Gasteiger partial charge in [-0.2, -0.15) is 0 Å². The molecule has 1 unspecified atom stereocenters. The average molecular weight is 270 g/mol. The summed E-state index contributed by atoms with van der Waals surface area (Å²) >= 11 is 4.98. The topological polar surface area (TPSA) is 46.3 Å². The van der Waals surface area contributed by atoms with Crippen LogP contribution in [0.4, 0.5) is 0 Å². The van der Waals surface area contributed by atoms with E-state index < -0.39 is 0 Å². The zero-order valence-electron chi connectivity index (χ0n) is 12.4. The molecule has 2 N–H and O–H groups in total. The Hall–Kier alpha value is -0.640. The van der Waals surface area contributed by atoms with E-state index in [-0.39, 0.29) is 28.6 Å². The molecule has 1 aliphatic carbocycles. The van der Waals surface area contributed by atoms with Gasteiger partial charge in [0.15, 0.2) is 0 Å². The zero-order chi connectivity index (χ0) is 14.3. The minimum absolute atomic E-state index is 0.0777. The first-order valence-electron chi connectivity index (χ1n) is 6.65. The van der Waals surface area contributed by atoms with Crippen LogP contribution in [0.5, 0.6) is 0 Å². The molecule has 0 aromatic heterocycles. The van der Waals surface area contributed by atoms with Crippen LogP contribution in [0.3, 0.4) is 0 Å². The summed E-state index contributed by atoms with van der Waals surface area (Å²) in [4.78, 5) is 14.9. The van der Waals surface area contributed by atoms with Gasteiger partial charge in [-0.05, 0) is 17.8 Å². The van der Waals surface area contributed by atoms with E-state index in [4.69, 9.17) is 18.0 Å². The molecule has 0 saturated heterocycles. The third-order valence-electron chi connectivity index (χ3n) is 4.94. The maximum absolute atomic E-state index is 12.6. The summed E-state index contributed by atoms with van der Waals surface area (Å²) in [5.41, 5.74) is 5.81. The van der Waals surface area contributed by atoms with Crippen LogP contribution in [0, 0.1) is 22.7 Å². The number of amides is 1. The molecule has 1 fully saturated rings. The summed E-state index contributed by atoms with van der Waals surface area (Å²) < 4.78 is 0. The second-order valence-corrected chi connectivity index (χ2v) is 7.03. The standard InChI is InChI=1S/C14H26N2OS/c1-7-16(8-9(2)11(15)18)12(17)10-13(3,4)14(10,5)6/h9-10H,7-8H2,1-6H3,(H2,15,18). The van der Waals surface area contributed by atoms with Gasteiger partial charge in [-0.25, -0.2) is 0 Å². The van der Waals surface area contributed by atoms with Gasteiger partial charge in [0.2, 0.25) is 5.91 Å². The molecule has 0 radical (unpaired) electrons. The molecule has 0 spiro atoms. The van der Waals surface area contributed by atoms with Gasteiger partial charge in [-0.15, -0.1) is 0 Å². The quantitative estimate of drug-likeness (QED) is 0.781. The van der Waals surface area contributed by atoms with E-state index in [1.165, 1.54) is 0 Å². The van der Waals surface area contributed by atoms with Crippen molar-refractivity contribution in [3.8, 4) is 0 Å². The molecule has 104 valence electrons. The van der Waals surface area contributed by atoms with Gasteiger partial charge in [-0.3, -0.25) is 4.79 Å². The molecule has 1 saturated carbocycles. The van der Waals surface area contributed by atoms with E-state index in [0.717, 1.165) is 0 Å². The summed E-state index contributed by atoms with van der Waals surface area (Å²) in [6.45, 7) is 14.0. The van der Waals surface area contributed by atoms with E-state index >= 15 is 0 Å². The summed E-state index contributed by atoms with van der Waals surface area (Å²) in [5, 5.41) is 0. The van der Waals surface area contributed by atoms with Crippen molar-refractivity contribution >= 4 is 23.1 Å². The average Bonchev–Trinajstić information content (AvgIpc) is 2.64. The molecule has 0 bridgehead atoms.